The van der Waals surface area contributed by atoms with Crippen molar-refractivity contribution in [2.75, 3.05) is 5.32 Å². The predicted molar refractivity (Wildman–Crippen MR) is 68.6 cm³/mol. The van der Waals surface area contributed by atoms with Gasteiger partial charge in [0.1, 0.15) is 11.2 Å². The van der Waals surface area contributed by atoms with Crippen molar-refractivity contribution in [3.05, 3.63) is 52.2 Å². The Morgan fingerprint density at radius 1 is 1.29 bits per heavy atom. The van der Waals surface area contributed by atoms with Crippen LogP contribution in [0.3, 0.4) is 0 Å². The quantitative estimate of drug-likeness (QED) is 0.667. The Hall–Kier alpha value is -2.33. The molecule has 0 amide bonds. The van der Waals surface area contributed by atoms with Gasteiger partial charge in [-0.2, -0.15) is 5.26 Å². The van der Waals surface area contributed by atoms with Crippen LogP contribution in [0.15, 0.2) is 24.3 Å². The molecule has 0 radical (unpaired) electrons. The molecule has 0 aliphatic heterocycles. The van der Waals surface area contributed by atoms with Gasteiger partial charge in [0.2, 0.25) is 0 Å². The van der Waals surface area contributed by atoms with Crippen molar-refractivity contribution in [1.29, 1.82) is 5.26 Å². The minimum absolute atomic E-state index is 0.193. The highest BCUT2D eigenvalue weighted by Crippen LogP contribution is 2.29. The summed E-state index contributed by atoms with van der Waals surface area (Å²) in [5.74, 6) is -2.64. The number of nitrogens with zero attached hydrogens (tertiary/aromatic N) is 2. The first-order valence-corrected chi connectivity index (χ1v) is 5.91. The highest BCUT2D eigenvalue weighted by molar-refractivity contribution is 6.30. The highest BCUT2D eigenvalue weighted by atomic mass is 35.5. The van der Waals surface area contributed by atoms with Gasteiger partial charge in [-0.3, -0.25) is 0 Å². The minimum Gasteiger partial charge on any atom is -0.335 e. The molecule has 21 heavy (non-hydrogen) atoms. The second-order valence-electron chi connectivity index (χ2n) is 3.90. The summed E-state index contributed by atoms with van der Waals surface area (Å²) in [7, 11) is 0. The van der Waals surface area contributed by atoms with Crippen molar-refractivity contribution in [3.63, 3.8) is 0 Å². The standard InChI is InChI=1S/C13H6ClF4N3/c14-11-6(5-19)4-8(15)13(21-11)20-9-3-1-2-7(10(9)16)12(17)18/h1-4,12H,(H,20,21). The average Bonchev–Trinajstić information content (AvgIpc) is 2.44. The zero-order valence-electron chi connectivity index (χ0n) is 10.2. The summed E-state index contributed by atoms with van der Waals surface area (Å²) >= 11 is 5.64. The lowest BCUT2D eigenvalue weighted by Crippen LogP contribution is -2.03. The molecule has 0 saturated heterocycles. The topological polar surface area (TPSA) is 48.7 Å². The number of rotatable bonds is 3. The Morgan fingerprint density at radius 3 is 2.62 bits per heavy atom. The molecule has 0 unspecified atom stereocenters. The molecular formula is C13H6ClF4N3. The van der Waals surface area contributed by atoms with E-state index in [9.17, 15) is 17.6 Å². The highest BCUT2D eigenvalue weighted by Gasteiger charge is 2.18. The SMILES string of the molecule is N#Cc1cc(F)c(Nc2cccc(C(F)F)c2F)nc1Cl. The summed E-state index contributed by atoms with van der Waals surface area (Å²) in [5.41, 5.74) is -1.39. The fourth-order valence-electron chi connectivity index (χ4n) is 1.57. The number of nitriles is 1. The molecular weight excluding hydrogens is 310 g/mol. The number of aromatic nitrogens is 1. The third-order valence-electron chi connectivity index (χ3n) is 2.57. The van der Waals surface area contributed by atoms with E-state index in [4.69, 9.17) is 16.9 Å². The first-order chi connectivity index (χ1) is 9.93. The largest absolute Gasteiger partial charge is 0.335 e. The molecule has 0 saturated carbocycles. The summed E-state index contributed by atoms with van der Waals surface area (Å²) in [6.45, 7) is 0. The van der Waals surface area contributed by atoms with Gasteiger partial charge in [0.15, 0.2) is 17.5 Å². The maximum Gasteiger partial charge on any atom is 0.266 e. The second kappa shape index (κ2) is 5.97. The molecule has 108 valence electrons. The lowest BCUT2D eigenvalue weighted by molar-refractivity contribution is 0.146. The van der Waals surface area contributed by atoms with Gasteiger partial charge in [-0.1, -0.05) is 23.7 Å². The summed E-state index contributed by atoms with van der Waals surface area (Å²) in [5, 5.41) is 10.6. The number of hydrogen-bond acceptors (Lipinski definition) is 3. The van der Waals surface area contributed by atoms with E-state index in [1.54, 1.807) is 6.07 Å². The van der Waals surface area contributed by atoms with Gasteiger partial charge in [0.25, 0.3) is 6.43 Å². The van der Waals surface area contributed by atoms with Gasteiger partial charge in [0, 0.05) is 0 Å². The first kappa shape index (κ1) is 15.1. The van der Waals surface area contributed by atoms with Crippen LogP contribution in [0.5, 0.6) is 0 Å². The van der Waals surface area contributed by atoms with Gasteiger partial charge < -0.3 is 5.32 Å². The Kier molecular flexibility index (Phi) is 4.29. The van der Waals surface area contributed by atoms with E-state index < -0.39 is 29.4 Å². The number of anilines is 2. The lowest BCUT2D eigenvalue weighted by Gasteiger charge is -2.11. The fraction of sp³-hybridized carbons (Fsp3) is 0.0769. The molecule has 3 nitrogen and oxygen atoms in total. The van der Waals surface area contributed by atoms with E-state index in [-0.39, 0.29) is 16.4 Å². The van der Waals surface area contributed by atoms with Crippen LogP contribution < -0.4 is 5.32 Å². The van der Waals surface area contributed by atoms with Crippen LogP contribution in [-0.2, 0) is 0 Å². The molecule has 0 fully saturated rings. The van der Waals surface area contributed by atoms with Gasteiger partial charge in [-0.25, -0.2) is 22.5 Å². The summed E-state index contributed by atoms with van der Waals surface area (Å²) in [6.07, 6.45) is -3.01. The van der Waals surface area contributed by atoms with E-state index >= 15 is 0 Å². The molecule has 1 aromatic carbocycles. The van der Waals surface area contributed by atoms with Gasteiger partial charge in [-0.05, 0) is 12.1 Å². The van der Waals surface area contributed by atoms with Crippen molar-refractivity contribution in [1.82, 2.24) is 4.98 Å². The zero-order chi connectivity index (χ0) is 15.6. The number of pyridine rings is 1. The molecule has 1 heterocycles. The fourth-order valence-corrected chi connectivity index (χ4v) is 1.76. The number of alkyl halides is 2. The van der Waals surface area contributed by atoms with E-state index in [0.717, 1.165) is 18.2 Å². The number of nitrogens with one attached hydrogen (secondary N) is 1. The Labute approximate surface area is 121 Å². The summed E-state index contributed by atoms with van der Waals surface area (Å²) in [6, 6.07) is 5.69. The molecule has 2 aromatic rings. The Bertz CT molecular complexity index is 728. The molecule has 0 bridgehead atoms. The van der Waals surface area contributed by atoms with Crippen molar-refractivity contribution < 1.29 is 17.6 Å². The van der Waals surface area contributed by atoms with Crippen LogP contribution in [0, 0.1) is 23.0 Å². The van der Waals surface area contributed by atoms with E-state index in [0.29, 0.717) is 0 Å². The Morgan fingerprint density at radius 2 is 2.00 bits per heavy atom. The smallest absolute Gasteiger partial charge is 0.266 e. The maximum absolute atomic E-state index is 13.8. The van der Waals surface area contributed by atoms with E-state index in [2.05, 4.69) is 10.3 Å². The molecule has 0 atom stereocenters. The molecule has 1 N–H and O–H groups in total. The van der Waals surface area contributed by atoms with Crippen LogP contribution in [0.25, 0.3) is 0 Å². The van der Waals surface area contributed by atoms with E-state index in [1.807, 2.05) is 0 Å². The van der Waals surface area contributed by atoms with Crippen LogP contribution >= 0.6 is 11.6 Å². The average molecular weight is 316 g/mol. The van der Waals surface area contributed by atoms with Crippen molar-refractivity contribution in [2.24, 2.45) is 0 Å². The number of halogens is 5. The third-order valence-corrected chi connectivity index (χ3v) is 2.85. The van der Waals surface area contributed by atoms with Gasteiger partial charge >= 0.3 is 0 Å². The van der Waals surface area contributed by atoms with Crippen LogP contribution in [0.2, 0.25) is 5.15 Å². The number of hydrogen-bond donors (Lipinski definition) is 1. The molecule has 0 spiro atoms. The monoisotopic (exact) mass is 315 g/mol. The number of benzene rings is 1. The summed E-state index contributed by atoms with van der Waals surface area (Å²) < 4.78 is 52.6. The van der Waals surface area contributed by atoms with Crippen molar-refractivity contribution in [3.8, 4) is 6.07 Å². The van der Waals surface area contributed by atoms with Crippen LogP contribution in [-0.4, -0.2) is 4.98 Å². The molecule has 0 aliphatic rings. The maximum atomic E-state index is 13.8. The Balaban J connectivity index is 2.42. The lowest BCUT2D eigenvalue weighted by atomic mass is 10.2. The molecule has 2 rings (SSSR count). The normalized spacial score (nSPS) is 10.5. The molecule has 8 heteroatoms. The minimum atomic E-state index is -3.01. The van der Waals surface area contributed by atoms with E-state index in [1.165, 1.54) is 6.07 Å². The van der Waals surface area contributed by atoms with Crippen LogP contribution in [0.1, 0.15) is 17.6 Å². The first-order valence-electron chi connectivity index (χ1n) is 5.53. The van der Waals surface area contributed by atoms with Crippen molar-refractivity contribution in [2.45, 2.75) is 6.43 Å². The van der Waals surface area contributed by atoms with Crippen molar-refractivity contribution >= 4 is 23.1 Å². The zero-order valence-corrected chi connectivity index (χ0v) is 10.9. The molecule has 0 aliphatic carbocycles. The van der Waals surface area contributed by atoms with Gasteiger partial charge in [-0.15, -0.1) is 0 Å². The predicted octanol–water partition coefficient (Wildman–Crippen LogP) is 4.57. The third kappa shape index (κ3) is 3.06. The summed E-state index contributed by atoms with van der Waals surface area (Å²) in [4.78, 5) is 3.56. The molecule has 1 aromatic heterocycles. The van der Waals surface area contributed by atoms with Crippen LogP contribution in [0.4, 0.5) is 29.1 Å². The second-order valence-corrected chi connectivity index (χ2v) is 4.26. The van der Waals surface area contributed by atoms with Gasteiger partial charge in [0.05, 0.1) is 16.8 Å².